The molecular weight excluding hydrogens is 328 g/mol. The van der Waals surface area contributed by atoms with Crippen molar-refractivity contribution >= 4 is 11.8 Å². The number of aliphatic hydroxyl groups excluding tert-OH is 1. The number of aliphatic hydroxyl groups is 1. The average molecular weight is 360 g/mol. The molecule has 0 aromatic rings. The van der Waals surface area contributed by atoms with Gasteiger partial charge in [-0.05, 0) is 43.6 Å². The summed E-state index contributed by atoms with van der Waals surface area (Å²) in [5.74, 6) is -0.324. The van der Waals surface area contributed by atoms with Gasteiger partial charge >= 0.3 is 5.97 Å². The van der Waals surface area contributed by atoms with Crippen molar-refractivity contribution in [3.63, 3.8) is 0 Å². The summed E-state index contributed by atoms with van der Waals surface area (Å²) in [6, 6.07) is 0. The van der Waals surface area contributed by atoms with Gasteiger partial charge in [-0.25, -0.2) is 0 Å². The third kappa shape index (κ3) is 5.94. The van der Waals surface area contributed by atoms with Gasteiger partial charge in [0.2, 0.25) is 0 Å². The van der Waals surface area contributed by atoms with Crippen LogP contribution in [-0.4, -0.2) is 28.1 Å². The van der Waals surface area contributed by atoms with Crippen molar-refractivity contribution in [2.24, 2.45) is 29.6 Å². The lowest BCUT2D eigenvalue weighted by atomic mass is 9.89. The Morgan fingerprint density at radius 3 is 2.73 bits per heavy atom. The third-order valence-electron chi connectivity index (χ3n) is 5.67. The summed E-state index contributed by atoms with van der Waals surface area (Å²) in [4.78, 5) is 22.9. The largest absolute Gasteiger partial charge is 0.481 e. The Balaban J connectivity index is 1.79. The van der Waals surface area contributed by atoms with Gasteiger partial charge in [-0.3, -0.25) is 9.59 Å². The van der Waals surface area contributed by atoms with E-state index in [1.807, 2.05) is 30.4 Å². The van der Waals surface area contributed by atoms with Gasteiger partial charge < -0.3 is 10.2 Å². The summed E-state index contributed by atoms with van der Waals surface area (Å²) < 4.78 is 0. The van der Waals surface area contributed by atoms with Crippen molar-refractivity contribution in [2.45, 2.75) is 58.5 Å². The van der Waals surface area contributed by atoms with Crippen molar-refractivity contribution in [1.82, 2.24) is 0 Å². The van der Waals surface area contributed by atoms with Crippen molar-refractivity contribution in [2.75, 3.05) is 0 Å². The molecule has 0 aromatic heterocycles. The second-order valence-electron chi connectivity index (χ2n) is 7.82. The van der Waals surface area contributed by atoms with E-state index in [0.717, 1.165) is 32.1 Å². The van der Waals surface area contributed by atoms with E-state index in [2.05, 4.69) is 13.8 Å². The number of unbranched alkanes of at least 4 members (excludes halogenated alkanes) is 1. The maximum absolute atomic E-state index is 12.1. The van der Waals surface area contributed by atoms with Crippen molar-refractivity contribution in [3.05, 3.63) is 36.5 Å². The normalized spacial score (nSPS) is 30.3. The fraction of sp³-hybridized carbons (Fsp3) is 0.636. The first-order chi connectivity index (χ1) is 12.4. The first-order valence-electron chi connectivity index (χ1n) is 9.90. The number of carboxylic acid groups (broad SMARTS) is 1. The number of hydrogen-bond donors (Lipinski definition) is 2. The molecule has 0 bridgehead atoms. The van der Waals surface area contributed by atoms with E-state index in [0.29, 0.717) is 6.42 Å². The average Bonchev–Trinajstić information content (AvgIpc) is 3.32. The van der Waals surface area contributed by atoms with Crippen LogP contribution in [0.15, 0.2) is 36.5 Å². The van der Waals surface area contributed by atoms with Crippen LogP contribution in [0.1, 0.15) is 52.4 Å². The number of carbonyl (C=O) groups is 2. The van der Waals surface area contributed by atoms with Gasteiger partial charge in [-0.2, -0.15) is 0 Å². The number of allylic oxidation sites excluding steroid dienone is 5. The number of ketones is 1. The summed E-state index contributed by atoms with van der Waals surface area (Å²) >= 11 is 0. The highest BCUT2D eigenvalue weighted by molar-refractivity contribution is 5.95. The zero-order valence-corrected chi connectivity index (χ0v) is 15.9. The Kier molecular flexibility index (Phi) is 7.83. The maximum Gasteiger partial charge on any atom is 0.306 e. The van der Waals surface area contributed by atoms with E-state index < -0.39 is 12.1 Å². The molecule has 0 saturated heterocycles. The Morgan fingerprint density at radius 1 is 1.35 bits per heavy atom. The molecule has 0 heterocycles. The number of carbonyl (C=O) groups excluding carboxylic acids is 1. The first kappa shape index (κ1) is 20.6. The lowest BCUT2D eigenvalue weighted by Gasteiger charge is -2.17. The van der Waals surface area contributed by atoms with Crippen LogP contribution < -0.4 is 0 Å². The van der Waals surface area contributed by atoms with E-state index in [4.69, 9.17) is 5.11 Å². The second kappa shape index (κ2) is 9.86. The minimum atomic E-state index is -0.699. The summed E-state index contributed by atoms with van der Waals surface area (Å²) in [6.07, 6.45) is 16.4. The van der Waals surface area contributed by atoms with Gasteiger partial charge in [-0.15, -0.1) is 0 Å². The van der Waals surface area contributed by atoms with E-state index in [9.17, 15) is 14.7 Å². The minimum absolute atomic E-state index is 0.0351. The van der Waals surface area contributed by atoms with E-state index >= 15 is 0 Å². The molecule has 4 nitrogen and oxygen atoms in total. The van der Waals surface area contributed by atoms with Gasteiger partial charge in [0.05, 0.1) is 12.0 Å². The maximum atomic E-state index is 12.1. The van der Waals surface area contributed by atoms with Gasteiger partial charge in [0.25, 0.3) is 0 Å². The van der Waals surface area contributed by atoms with Crippen LogP contribution in [0.3, 0.4) is 0 Å². The van der Waals surface area contributed by atoms with E-state index in [1.165, 1.54) is 0 Å². The fourth-order valence-corrected chi connectivity index (χ4v) is 3.58. The van der Waals surface area contributed by atoms with Crippen LogP contribution in [-0.2, 0) is 9.59 Å². The molecule has 2 aliphatic rings. The highest BCUT2D eigenvalue weighted by Gasteiger charge is 2.41. The smallest absolute Gasteiger partial charge is 0.306 e. The molecule has 0 radical (unpaired) electrons. The SMILES string of the molecule is CCCC[C@@H](C)[C@H](O)C=C[C@H]1C=CC(=O)[C@@H]1CC=CCC1CC1C(=O)O. The zero-order valence-electron chi connectivity index (χ0n) is 15.9. The molecular formula is C22H32O4. The zero-order chi connectivity index (χ0) is 19.1. The predicted molar refractivity (Wildman–Crippen MR) is 103 cm³/mol. The van der Waals surface area contributed by atoms with Crippen LogP contribution in [0.25, 0.3) is 0 Å². The molecule has 0 aromatic carbocycles. The molecule has 2 rings (SSSR count). The highest BCUT2D eigenvalue weighted by atomic mass is 16.4. The number of carboxylic acids is 1. The molecule has 0 aliphatic heterocycles. The van der Waals surface area contributed by atoms with E-state index in [-0.39, 0.29) is 35.4 Å². The Morgan fingerprint density at radius 2 is 2.08 bits per heavy atom. The molecule has 1 saturated carbocycles. The van der Waals surface area contributed by atoms with Crippen LogP contribution in [0.4, 0.5) is 0 Å². The lowest BCUT2D eigenvalue weighted by molar-refractivity contribution is -0.138. The number of hydrogen-bond acceptors (Lipinski definition) is 3. The van der Waals surface area contributed by atoms with Crippen molar-refractivity contribution in [1.29, 1.82) is 0 Å². The van der Waals surface area contributed by atoms with Crippen LogP contribution in [0, 0.1) is 29.6 Å². The summed E-state index contributed by atoms with van der Waals surface area (Å²) in [5, 5.41) is 19.2. The first-order valence-corrected chi connectivity index (χ1v) is 9.90. The van der Waals surface area contributed by atoms with Crippen molar-refractivity contribution in [3.8, 4) is 0 Å². The third-order valence-corrected chi connectivity index (χ3v) is 5.67. The molecule has 6 atom stereocenters. The second-order valence-corrected chi connectivity index (χ2v) is 7.82. The molecule has 2 aliphatic carbocycles. The van der Waals surface area contributed by atoms with Gasteiger partial charge in [0.15, 0.2) is 5.78 Å². The molecule has 0 amide bonds. The topological polar surface area (TPSA) is 74.6 Å². The van der Waals surface area contributed by atoms with E-state index in [1.54, 1.807) is 6.08 Å². The van der Waals surface area contributed by atoms with Crippen LogP contribution >= 0.6 is 0 Å². The predicted octanol–water partition coefficient (Wildman–Crippen LogP) is 4.16. The molecule has 2 N–H and O–H groups in total. The molecule has 0 spiro atoms. The van der Waals surface area contributed by atoms with Gasteiger partial charge in [-0.1, -0.05) is 57.1 Å². The lowest BCUT2D eigenvalue weighted by Crippen LogP contribution is -2.17. The summed E-state index contributed by atoms with van der Waals surface area (Å²) in [7, 11) is 0. The summed E-state index contributed by atoms with van der Waals surface area (Å²) in [5.41, 5.74) is 0. The minimum Gasteiger partial charge on any atom is -0.481 e. The number of aliphatic carboxylic acids is 1. The van der Waals surface area contributed by atoms with Crippen LogP contribution in [0.5, 0.6) is 0 Å². The standard InChI is InChI=1S/C22H32O4/c1-3-4-7-15(2)20(23)12-10-16-11-13-21(24)18(16)9-6-5-8-17-14-19(17)22(25)26/h5-6,10-13,15-20,23H,3-4,7-9,14H2,1-2H3,(H,25,26)/t15-,16+,17?,18-,19?,20-/m1/s1. The van der Waals surface area contributed by atoms with Crippen molar-refractivity contribution < 1.29 is 19.8 Å². The molecule has 1 fully saturated rings. The van der Waals surface area contributed by atoms with Gasteiger partial charge in [0.1, 0.15) is 0 Å². The molecule has 4 heteroatoms. The Labute approximate surface area is 156 Å². The monoisotopic (exact) mass is 360 g/mol. The molecule has 144 valence electrons. The fourth-order valence-electron chi connectivity index (χ4n) is 3.58. The summed E-state index contributed by atoms with van der Waals surface area (Å²) in [6.45, 7) is 4.20. The van der Waals surface area contributed by atoms with Gasteiger partial charge in [0, 0.05) is 11.8 Å². The quantitative estimate of drug-likeness (QED) is 0.543. The highest BCUT2D eigenvalue weighted by Crippen LogP contribution is 2.41. The van der Waals surface area contributed by atoms with Crippen LogP contribution in [0.2, 0.25) is 0 Å². The Hall–Kier alpha value is -1.68. The molecule has 26 heavy (non-hydrogen) atoms. The molecule has 2 unspecified atom stereocenters. The number of rotatable bonds is 11. The Bertz CT molecular complexity index is 575.